The molecule has 0 amide bonds. The van der Waals surface area contributed by atoms with E-state index in [0.717, 1.165) is 27.6 Å². The van der Waals surface area contributed by atoms with Gasteiger partial charge < -0.3 is 10.7 Å². The van der Waals surface area contributed by atoms with Gasteiger partial charge in [0.1, 0.15) is 5.52 Å². The number of benzene rings is 1. The van der Waals surface area contributed by atoms with Gasteiger partial charge in [-0.3, -0.25) is 4.98 Å². The number of aromatic nitrogens is 3. The van der Waals surface area contributed by atoms with E-state index in [1.165, 1.54) is 0 Å². The number of pyridine rings is 1. The number of nitrogens with zero attached hydrogens (tertiary/aromatic N) is 2. The van der Waals surface area contributed by atoms with Crippen LogP contribution in [0.15, 0.2) is 30.7 Å². The van der Waals surface area contributed by atoms with E-state index in [-0.39, 0.29) is 0 Å². The van der Waals surface area contributed by atoms with Crippen molar-refractivity contribution in [1.82, 2.24) is 15.0 Å². The number of hydrogen-bond donors (Lipinski definition) is 2. The average molecular weight is 184 g/mol. The summed E-state index contributed by atoms with van der Waals surface area (Å²) in [4.78, 5) is 11.5. The first kappa shape index (κ1) is 7.32. The fourth-order valence-electron chi connectivity index (χ4n) is 1.62. The summed E-state index contributed by atoms with van der Waals surface area (Å²) in [5, 5.41) is 1.05. The minimum Gasteiger partial charge on any atom is -0.399 e. The van der Waals surface area contributed by atoms with Gasteiger partial charge in [-0.2, -0.15) is 0 Å². The van der Waals surface area contributed by atoms with E-state index in [1.54, 1.807) is 12.5 Å². The Balaban J connectivity index is 2.57. The number of aromatic amines is 1. The fraction of sp³-hybridized carbons (Fsp3) is 0. The van der Waals surface area contributed by atoms with Crippen molar-refractivity contribution < 1.29 is 0 Å². The zero-order chi connectivity index (χ0) is 9.54. The van der Waals surface area contributed by atoms with E-state index in [0.29, 0.717) is 0 Å². The predicted octanol–water partition coefficient (Wildman–Crippen LogP) is 1.69. The zero-order valence-corrected chi connectivity index (χ0v) is 7.36. The van der Waals surface area contributed by atoms with Gasteiger partial charge in [-0.25, -0.2) is 4.98 Å². The average Bonchev–Trinajstić information content (AvgIpc) is 2.65. The number of H-pyrrole nitrogens is 1. The molecule has 0 saturated carbocycles. The molecule has 14 heavy (non-hydrogen) atoms. The molecule has 0 saturated heterocycles. The van der Waals surface area contributed by atoms with Gasteiger partial charge in [-0.1, -0.05) is 0 Å². The molecule has 0 radical (unpaired) electrons. The predicted molar refractivity (Wildman–Crippen MR) is 55.8 cm³/mol. The monoisotopic (exact) mass is 184 g/mol. The molecule has 68 valence electrons. The largest absolute Gasteiger partial charge is 0.399 e. The van der Waals surface area contributed by atoms with Crippen molar-refractivity contribution >= 4 is 27.6 Å². The van der Waals surface area contributed by atoms with Crippen molar-refractivity contribution in [3.05, 3.63) is 30.7 Å². The van der Waals surface area contributed by atoms with Crippen LogP contribution in [0.25, 0.3) is 21.9 Å². The number of fused-ring (bicyclic) bond motifs is 3. The number of nitrogens with one attached hydrogen (secondary N) is 1. The third-order valence-corrected chi connectivity index (χ3v) is 2.29. The zero-order valence-electron chi connectivity index (χ0n) is 7.36. The quantitative estimate of drug-likeness (QED) is 0.522. The van der Waals surface area contributed by atoms with Gasteiger partial charge in [0, 0.05) is 11.1 Å². The van der Waals surface area contributed by atoms with Crippen LogP contribution in [-0.2, 0) is 0 Å². The number of hydrogen-bond acceptors (Lipinski definition) is 3. The van der Waals surface area contributed by atoms with Gasteiger partial charge in [-0.05, 0) is 18.2 Å². The van der Waals surface area contributed by atoms with E-state index in [4.69, 9.17) is 5.73 Å². The first-order valence-electron chi connectivity index (χ1n) is 4.32. The summed E-state index contributed by atoms with van der Waals surface area (Å²) < 4.78 is 0. The number of nitrogens with two attached hydrogens (primary N) is 1. The van der Waals surface area contributed by atoms with Crippen molar-refractivity contribution in [3.63, 3.8) is 0 Å². The lowest BCUT2D eigenvalue weighted by atomic mass is 10.2. The Labute approximate surface area is 79.8 Å². The molecule has 0 unspecified atom stereocenters. The van der Waals surface area contributed by atoms with Gasteiger partial charge in [0.15, 0.2) is 0 Å². The third-order valence-electron chi connectivity index (χ3n) is 2.29. The molecule has 0 spiro atoms. The molecule has 4 heteroatoms. The topological polar surface area (TPSA) is 67.6 Å². The Hall–Kier alpha value is -2.10. The van der Waals surface area contributed by atoms with Crippen LogP contribution in [-0.4, -0.2) is 15.0 Å². The number of nitrogen functional groups attached to an aromatic ring is 1. The van der Waals surface area contributed by atoms with Crippen LogP contribution in [0.4, 0.5) is 5.69 Å². The van der Waals surface area contributed by atoms with E-state index in [9.17, 15) is 0 Å². The number of anilines is 1. The van der Waals surface area contributed by atoms with Gasteiger partial charge in [-0.15, -0.1) is 0 Å². The molecule has 0 fully saturated rings. The molecule has 0 aliphatic rings. The first-order valence-corrected chi connectivity index (χ1v) is 4.32. The van der Waals surface area contributed by atoms with E-state index in [1.807, 2.05) is 18.2 Å². The van der Waals surface area contributed by atoms with E-state index < -0.39 is 0 Å². The van der Waals surface area contributed by atoms with E-state index >= 15 is 0 Å². The summed E-state index contributed by atoms with van der Waals surface area (Å²) in [6, 6.07) is 5.68. The van der Waals surface area contributed by atoms with Gasteiger partial charge in [0.2, 0.25) is 0 Å². The van der Waals surface area contributed by atoms with Crippen LogP contribution in [0, 0.1) is 0 Å². The smallest absolute Gasteiger partial charge is 0.107 e. The molecule has 0 atom stereocenters. The Kier molecular flexibility index (Phi) is 1.28. The first-order chi connectivity index (χ1) is 6.84. The molecule has 0 aliphatic carbocycles. The number of imidazole rings is 1. The highest BCUT2D eigenvalue weighted by Gasteiger charge is 2.02. The summed E-state index contributed by atoms with van der Waals surface area (Å²) in [6.07, 6.45) is 3.41. The summed E-state index contributed by atoms with van der Waals surface area (Å²) in [5.41, 5.74) is 9.18. The van der Waals surface area contributed by atoms with Crippen LogP contribution >= 0.6 is 0 Å². The second-order valence-corrected chi connectivity index (χ2v) is 3.20. The van der Waals surface area contributed by atoms with Crippen molar-refractivity contribution in [2.24, 2.45) is 0 Å². The molecule has 2 heterocycles. The summed E-state index contributed by atoms with van der Waals surface area (Å²) in [5.74, 6) is 0. The van der Waals surface area contributed by atoms with Crippen LogP contribution < -0.4 is 5.73 Å². The van der Waals surface area contributed by atoms with Crippen molar-refractivity contribution in [1.29, 1.82) is 0 Å². The Morgan fingerprint density at radius 2 is 2.07 bits per heavy atom. The molecule has 3 N–H and O–H groups in total. The van der Waals surface area contributed by atoms with Crippen LogP contribution in [0.2, 0.25) is 0 Å². The highest BCUT2D eigenvalue weighted by atomic mass is 14.9. The van der Waals surface area contributed by atoms with Crippen molar-refractivity contribution in [2.75, 3.05) is 5.73 Å². The lowest BCUT2D eigenvalue weighted by molar-refractivity contribution is 1.34. The summed E-state index contributed by atoms with van der Waals surface area (Å²) in [6.45, 7) is 0. The molecular weight excluding hydrogens is 176 g/mol. The molecule has 2 aromatic heterocycles. The Morgan fingerprint density at radius 3 is 3.00 bits per heavy atom. The maximum absolute atomic E-state index is 5.68. The number of rotatable bonds is 0. The van der Waals surface area contributed by atoms with Crippen LogP contribution in [0.5, 0.6) is 0 Å². The standard InChI is InChI=1S/C10H8N4/c11-6-1-2-7-8(3-6)12-4-9-10(7)14-5-13-9/h1-5H,11H2,(H,13,14). The molecule has 3 aromatic rings. The lowest BCUT2D eigenvalue weighted by Gasteiger charge is -1.98. The lowest BCUT2D eigenvalue weighted by Crippen LogP contribution is -1.86. The van der Waals surface area contributed by atoms with Crippen molar-refractivity contribution in [2.45, 2.75) is 0 Å². The third kappa shape index (κ3) is 0.877. The van der Waals surface area contributed by atoms with Crippen LogP contribution in [0.1, 0.15) is 0 Å². The molecule has 1 aromatic carbocycles. The molecular formula is C10H8N4. The Bertz CT molecular complexity index is 612. The van der Waals surface area contributed by atoms with Gasteiger partial charge in [0.25, 0.3) is 0 Å². The van der Waals surface area contributed by atoms with Gasteiger partial charge >= 0.3 is 0 Å². The normalized spacial score (nSPS) is 11.1. The molecule has 3 rings (SSSR count). The highest BCUT2D eigenvalue weighted by Crippen LogP contribution is 2.21. The SMILES string of the molecule is Nc1ccc2c(c1)ncc1nc[nH]c12. The fourth-order valence-corrected chi connectivity index (χ4v) is 1.62. The molecule has 0 aliphatic heterocycles. The van der Waals surface area contributed by atoms with Crippen LogP contribution in [0.3, 0.4) is 0 Å². The molecule has 0 bridgehead atoms. The van der Waals surface area contributed by atoms with Gasteiger partial charge in [0.05, 0.1) is 23.6 Å². The minimum atomic E-state index is 0.726. The second kappa shape index (κ2) is 2.45. The molecule has 4 nitrogen and oxygen atoms in total. The summed E-state index contributed by atoms with van der Waals surface area (Å²) in [7, 11) is 0. The second-order valence-electron chi connectivity index (χ2n) is 3.20. The Morgan fingerprint density at radius 1 is 1.14 bits per heavy atom. The highest BCUT2D eigenvalue weighted by molar-refractivity contribution is 6.02. The maximum Gasteiger partial charge on any atom is 0.107 e. The van der Waals surface area contributed by atoms with Crippen molar-refractivity contribution in [3.8, 4) is 0 Å². The van der Waals surface area contributed by atoms with E-state index in [2.05, 4.69) is 15.0 Å². The minimum absolute atomic E-state index is 0.726. The summed E-state index contributed by atoms with van der Waals surface area (Å²) >= 11 is 0. The maximum atomic E-state index is 5.68.